The molecule has 29 heavy (non-hydrogen) atoms. The number of benzene rings is 2. The molecule has 2 N–H and O–H groups in total. The summed E-state index contributed by atoms with van der Waals surface area (Å²) >= 11 is 1.26. The molecule has 0 bridgehead atoms. The number of thioether (sulfide) groups is 1. The van der Waals surface area contributed by atoms with Crippen molar-refractivity contribution < 1.29 is 9.90 Å². The van der Waals surface area contributed by atoms with E-state index in [9.17, 15) is 9.90 Å². The highest BCUT2D eigenvalue weighted by atomic mass is 32.2. The lowest BCUT2D eigenvalue weighted by Gasteiger charge is -2.15. The topological polar surface area (TPSA) is 92.9 Å². The minimum absolute atomic E-state index is 0.0794. The highest BCUT2D eigenvalue weighted by Crippen LogP contribution is 2.20. The van der Waals surface area contributed by atoms with E-state index in [0.29, 0.717) is 16.8 Å². The van der Waals surface area contributed by atoms with Gasteiger partial charge in [0.1, 0.15) is 5.75 Å². The van der Waals surface area contributed by atoms with Crippen LogP contribution in [0.5, 0.6) is 5.75 Å². The molecule has 0 unspecified atom stereocenters. The van der Waals surface area contributed by atoms with Crippen LogP contribution in [0.2, 0.25) is 0 Å². The van der Waals surface area contributed by atoms with Gasteiger partial charge in [0.25, 0.3) is 0 Å². The molecule has 8 heteroatoms. The molecule has 0 spiro atoms. The summed E-state index contributed by atoms with van der Waals surface area (Å²) in [5.41, 5.74) is 3.09. The molecule has 0 saturated carbocycles. The Morgan fingerprint density at radius 3 is 2.45 bits per heavy atom. The monoisotopic (exact) mass is 411 g/mol. The molecule has 0 fully saturated rings. The Morgan fingerprint density at radius 2 is 1.79 bits per heavy atom. The number of carbonyl (C=O) groups excluding carboxylic acids is 1. The van der Waals surface area contributed by atoms with Gasteiger partial charge in [-0.25, -0.2) is 0 Å². The second kappa shape index (κ2) is 9.56. The Balaban J connectivity index is 1.55. The number of amides is 1. The first-order valence-electron chi connectivity index (χ1n) is 9.51. The average molecular weight is 412 g/mol. The van der Waals surface area contributed by atoms with E-state index in [-0.39, 0.29) is 23.5 Å². The molecule has 7 nitrogen and oxygen atoms in total. The standard InChI is InChI=1S/C21H25N5O2S/c1-14(2)12-16-4-6-17(7-5-16)15(3)22-20(28)13-29-21-23-24-25-26(21)18-8-10-19(27)11-9-18/h4-11,14-15,27H,12-13H2,1-3H3,(H,22,28)/t15-/m0/s1. The summed E-state index contributed by atoms with van der Waals surface area (Å²) in [6.07, 6.45) is 1.05. The zero-order valence-corrected chi connectivity index (χ0v) is 17.6. The number of carbonyl (C=O) groups is 1. The van der Waals surface area contributed by atoms with Crippen molar-refractivity contribution >= 4 is 17.7 Å². The molecule has 1 aromatic heterocycles. The second-order valence-corrected chi connectivity index (χ2v) is 8.25. The molecular weight excluding hydrogens is 386 g/mol. The smallest absolute Gasteiger partial charge is 0.230 e. The summed E-state index contributed by atoms with van der Waals surface area (Å²) in [6, 6.07) is 14.9. The number of hydrogen-bond donors (Lipinski definition) is 2. The molecule has 0 aliphatic heterocycles. The van der Waals surface area contributed by atoms with E-state index in [1.54, 1.807) is 24.3 Å². The van der Waals surface area contributed by atoms with Crippen molar-refractivity contribution in [3.05, 3.63) is 59.7 Å². The molecule has 1 amide bonds. The van der Waals surface area contributed by atoms with Gasteiger partial charge in [0.2, 0.25) is 11.1 Å². The summed E-state index contributed by atoms with van der Waals surface area (Å²) in [5, 5.41) is 24.6. The third-order valence-corrected chi connectivity index (χ3v) is 5.29. The fraction of sp³-hybridized carbons (Fsp3) is 0.333. The fourth-order valence-corrected chi connectivity index (χ4v) is 3.64. The van der Waals surface area contributed by atoms with Crippen LogP contribution in [-0.4, -0.2) is 37.0 Å². The van der Waals surface area contributed by atoms with Gasteiger partial charge in [-0.2, -0.15) is 4.68 Å². The van der Waals surface area contributed by atoms with Gasteiger partial charge in [0.05, 0.1) is 17.5 Å². The maximum absolute atomic E-state index is 12.4. The molecule has 3 aromatic rings. The van der Waals surface area contributed by atoms with Gasteiger partial charge < -0.3 is 10.4 Å². The van der Waals surface area contributed by atoms with Gasteiger partial charge in [0.15, 0.2) is 0 Å². The summed E-state index contributed by atoms with van der Waals surface area (Å²) in [5.74, 6) is 0.901. The molecular formula is C21H25N5O2S. The van der Waals surface area contributed by atoms with Crippen molar-refractivity contribution in [2.24, 2.45) is 5.92 Å². The van der Waals surface area contributed by atoms with E-state index < -0.39 is 0 Å². The zero-order chi connectivity index (χ0) is 20.8. The largest absolute Gasteiger partial charge is 0.508 e. The second-order valence-electron chi connectivity index (χ2n) is 7.31. The molecule has 0 aliphatic rings. The highest BCUT2D eigenvalue weighted by molar-refractivity contribution is 7.99. The van der Waals surface area contributed by atoms with Crippen molar-refractivity contribution in [1.29, 1.82) is 0 Å². The molecule has 1 atom stereocenters. The van der Waals surface area contributed by atoms with Crippen LogP contribution < -0.4 is 5.32 Å². The minimum atomic E-state index is -0.0889. The van der Waals surface area contributed by atoms with Gasteiger partial charge in [-0.3, -0.25) is 4.79 Å². The van der Waals surface area contributed by atoms with Gasteiger partial charge in [-0.05, 0) is 65.1 Å². The van der Waals surface area contributed by atoms with Crippen LogP contribution in [0.4, 0.5) is 0 Å². The van der Waals surface area contributed by atoms with Crippen molar-refractivity contribution in [3.8, 4) is 11.4 Å². The first-order valence-corrected chi connectivity index (χ1v) is 10.5. The average Bonchev–Trinajstić information content (AvgIpc) is 3.15. The Kier molecular flexibility index (Phi) is 6.87. The maximum atomic E-state index is 12.4. The number of phenols is 1. The minimum Gasteiger partial charge on any atom is -0.508 e. The Bertz CT molecular complexity index is 938. The number of nitrogens with zero attached hydrogens (tertiary/aromatic N) is 4. The van der Waals surface area contributed by atoms with E-state index in [4.69, 9.17) is 0 Å². The van der Waals surface area contributed by atoms with E-state index in [1.165, 1.54) is 22.0 Å². The molecule has 0 radical (unpaired) electrons. The molecule has 0 saturated heterocycles. The van der Waals surface area contributed by atoms with Crippen molar-refractivity contribution in [3.63, 3.8) is 0 Å². The van der Waals surface area contributed by atoms with Crippen molar-refractivity contribution in [2.45, 2.75) is 38.4 Å². The lowest BCUT2D eigenvalue weighted by molar-refractivity contribution is -0.119. The predicted octanol–water partition coefficient (Wildman–Crippen LogP) is 3.54. The lowest BCUT2D eigenvalue weighted by Crippen LogP contribution is -2.28. The van der Waals surface area contributed by atoms with Crippen LogP contribution in [0.1, 0.15) is 37.9 Å². The van der Waals surface area contributed by atoms with E-state index in [1.807, 2.05) is 6.92 Å². The Hall–Kier alpha value is -2.87. The van der Waals surface area contributed by atoms with Crippen LogP contribution in [-0.2, 0) is 11.2 Å². The number of nitrogens with one attached hydrogen (secondary N) is 1. The number of rotatable bonds is 8. The fourth-order valence-electron chi connectivity index (χ4n) is 2.94. The first kappa shape index (κ1) is 20.9. The predicted molar refractivity (Wildman–Crippen MR) is 113 cm³/mol. The van der Waals surface area contributed by atoms with Crippen LogP contribution in [0, 0.1) is 5.92 Å². The van der Waals surface area contributed by atoms with Crippen LogP contribution in [0.25, 0.3) is 5.69 Å². The first-order chi connectivity index (χ1) is 13.9. The van der Waals surface area contributed by atoms with E-state index >= 15 is 0 Å². The van der Waals surface area contributed by atoms with Crippen LogP contribution in [0.15, 0.2) is 53.7 Å². The number of tetrazole rings is 1. The Morgan fingerprint density at radius 1 is 1.10 bits per heavy atom. The lowest BCUT2D eigenvalue weighted by atomic mass is 10.00. The van der Waals surface area contributed by atoms with E-state index in [2.05, 4.69) is 59.0 Å². The number of phenolic OH excluding ortho intramolecular Hbond substituents is 1. The summed E-state index contributed by atoms with van der Waals surface area (Å²) in [6.45, 7) is 6.37. The SMILES string of the molecule is CC(C)Cc1ccc([C@H](C)NC(=O)CSc2nnnn2-c2ccc(O)cc2)cc1. The maximum Gasteiger partial charge on any atom is 0.230 e. The zero-order valence-electron chi connectivity index (χ0n) is 16.7. The summed E-state index contributed by atoms with van der Waals surface area (Å²) < 4.78 is 1.54. The Labute approximate surface area is 174 Å². The normalized spacial score (nSPS) is 12.1. The van der Waals surface area contributed by atoms with Gasteiger partial charge in [-0.15, -0.1) is 5.10 Å². The molecule has 0 aliphatic carbocycles. The highest BCUT2D eigenvalue weighted by Gasteiger charge is 2.14. The number of aromatic hydroxyl groups is 1. The third-order valence-electron chi connectivity index (χ3n) is 4.37. The number of hydrogen-bond acceptors (Lipinski definition) is 6. The van der Waals surface area contributed by atoms with Gasteiger partial charge >= 0.3 is 0 Å². The molecule has 2 aromatic carbocycles. The van der Waals surface area contributed by atoms with Crippen molar-refractivity contribution in [1.82, 2.24) is 25.5 Å². The van der Waals surface area contributed by atoms with Gasteiger partial charge in [-0.1, -0.05) is 49.9 Å². The van der Waals surface area contributed by atoms with Crippen LogP contribution in [0.3, 0.4) is 0 Å². The van der Waals surface area contributed by atoms with E-state index in [0.717, 1.165) is 12.0 Å². The molecule has 1 heterocycles. The molecule has 152 valence electrons. The summed E-state index contributed by atoms with van der Waals surface area (Å²) in [4.78, 5) is 12.4. The van der Waals surface area contributed by atoms with Gasteiger partial charge in [0, 0.05) is 0 Å². The summed E-state index contributed by atoms with van der Waals surface area (Å²) in [7, 11) is 0. The van der Waals surface area contributed by atoms with Crippen LogP contribution >= 0.6 is 11.8 Å². The molecule has 3 rings (SSSR count). The quantitative estimate of drug-likeness (QED) is 0.551. The third kappa shape index (κ3) is 5.80. The van der Waals surface area contributed by atoms with Crippen molar-refractivity contribution in [2.75, 3.05) is 5.75 Å². The number of aromatic nitrogens is 4.